The minimum absolute atomic E-state index is 0.157. The van der Waals surface area contributed by atoms with Crippen LogP contribution >= 0.6 is 27.3 Å². The molecule has 1 nitrogen and oxygen atoms in total. The van der Waals surface area contributed by atoms with E-state index in [0.717, 1.165) is 4.88 Å². The Morgan fingerprint density at radius 2 is 2.12 bits per heavy atom. The van der Waals surface area contributed by atoms with Crippen LogP contribution in [0.3, 0.4) is 0 Å². The molecule has 16 heavy (non-hydrogen) atoms. The highest BCUT2D eigenvalue weighted by atomic mass is 79.9. The quantitative estimate of drug-likeness (QED) is 0.760. The summed E-state index contributed by atoms with van der Waals surface area (Å²) < 4.78 is 13.7. The van der Waals surface area contributed by atoms with E-state index in [-0.39, 0.29) is 5.78 Å². The monoisotopic (exact) mass is 298 g/mol. The fourth-order valence-electron chi connectivity index (χ4n) is 1.39. The van der Waals surface area contributed by atoms with Crippen molar-refractivity contribution in [2.75, 3.05) is 0 Å². The average Bonchev–Trinajstić information content (AvgIpc) is 2.67. The van der Waals surface area contributed by atoms with Crippen molar-refractivity contribution in [1.29, 1.82) is 0 Å². The van der Waals surface area contributed by atoms with Gasteiger partial charge in [0.1, 0.15) is 5.82 Å². The molecule has 0 saturated heterocycles. The SMILES string of the molecule is Cc1cc(C(=O)c2cc(F)ccc2Br)cs1. The Kier molecular flexibility index (Phi) is 3.21. The van der Waals surface area contributed by atoms with Gasteiger partial charge in [-0.25, -0.2) is 4.39 Å². The first kappa shape index (κ1) is 11.5. The van der Waals surface area contributed by atoms with Crippen LogP contribution in [-0.2, 0) is 0 Å². The highest BCUT2D eigenvalue weighted by molar-refractivity contribution is 9.10. The number of aryl methyl sites for hydroxylation is 1. The van der Waals surface area contributed by atoms with Gasteiger partial charge in [0.15, 0.2) is 5.78 Å². The lowest BCUT2D eigenvalue weighted by molar-refractivity contribution is 0.103. The first-order valence-corrected chi connectivity index (χ1v) is 6.30. The van der Waals surface area contributed by atoms with E-state index in [9.17, 15) is 9.18 Å². The summed E-state index contributed by atoms with van der Waals surface area (Å²) in [5, 5.41) is 1.79. The van der Waals surface area contributed by atoms with E-state index in [0.29, 0.717) is 15.6 Å². The summed E-state index contributed by atoms with van der Waals surface area (Å²) in [7, 11) is 0. The number of carbonyl (C=O) groups excluding carboxylic acids is 1. The van der Waals surface area contributed by atoms with Gasteiger partial charge in [-0.05, 0) is 31.2 Å². The van der Waals surface area contributed by atoms with Crippen LogP contribution in [0, 0.1) is 12.7 Å². The number of benzene rings is 1. The molecule has 1 aromatic carbocycles. The molecular formula is C12H8BrFOS. The second-order valence-electron chi connectivity index (χ2n) is 3.40. The third-order valence-electron chi connectivity index (χ3n) is 2.17. The van der Waals surface area contributed by atoms with E-state index in [1.165, 1.54) is 23.5 Å². The van der Waals surface area contributed by atoms with Crippen molar-refractivity contribution in [1.82, 2.24) is 0 Å². The van der Waals surface area contributed by atoms with Crippen molar-refractivity contribution in [3.63, 3.8) is 0 Å². The average molecular weight is 299 g/mol. The van der Waals surface area contributed by atoms with Crippen LogP contribution in [0.4, 0.5) is 4.39 Å². The Labute approximate surface area is 105 Å². The van der Waals surface area contributed by atoms with Crippen molar-refractivity contribution < 1.29 is 9.18 Å². The van der Waals surface area contributed by atoms with Gasteiger partial charge in [0.05, 0.1) is 0 Å². The van der Waals surface area contributed by atoms with Crippen LogP contribution in [0.1, 0.15) is 20.8 Å². The molecular weight excluding hydrogens is 291 g/mol. The Bertz CT molecular complexity index is 548. The topological polar surface area (TPSA) is 17.1 Å². The van der Waals surface area contributed by atoms with Crippen LogP contribution in [-0.4, -0.2) is 5.78 Å². The smallest absolute Gasteiger partial charge is 0.195 e. The van der Waals surface area contributed by atoms with Crippen LogP contribution in [0.5, 0.6) is 0 Å². The van der Waals surface area contributed by atoms with Crippen LogP contribution in [0.15, 0.2) is 34.1 Å². The number of carbonyl (C=O) groups is 1. The summed E-state index contributed by atoms with van der Waals surface area (Å²) in [6.07, 6.45) is 0. The summed E-state index contributed by atoms with van der Waals surface area (Å²) in [5.74, 6) is -0.561. The Hall–Kier alpha value is -1.000. The number of ketones is 1. The summed E-state index contributed by atoms with van der Waals surface area (Å²) >= 11 is 4.76. The van der Waals surface area contributed by atoms with E-state index in [1.54, 1.807) is 11.4 Å². The van der Waals surface area contributed by atoms with Gasteiger partial charge in [-0.3, -0.25) is 4.79 Å². The molecule has 0 aliphatic rings. The molecule has 0 radical (unpaired) electrons. The largest absolute Gasteiger partial charge is 0.289 e. The fourth-order valence-corrected chi connectivity index (χ4v) is 2.50. The van der Waals surface area contributed by atoms with Gasteiger partial charge >= 0.3 is 0 Å². The molecule has 2 rings (SSSR count). The molecule has 0 saturated carbocycles. The van der Waals surface area contributed by atoms with E-state index in [4.69, 9.17) is 0 Å². The number of thiophene rings is 1. The minimum Gasteiger partial charge on any atom is -0.289 e. The van der Waals surface area contributed by atoms with Crippen molar-refractivity contribution in [3.8, 4) is 0 Å². The molecule has 1 heterocycles. The first-order valence-electron chi connectivity index (χ1n) is 4.63. The van der Waals surface area contributed by atoms with Gasteiger partial charge in [-0.1, -0.05) is 15.9 Å². The Morgan fingerprint density at radius 1 is 1.38 bits per heavy atom. The third kappa shape index (κ3) is 2.23. The molecule has 0 aliphatic carbocycles. The predicted molar refractivity (Wildman–Crippen MR) is 66.6 cm³/mol. The number of hydrogen-bond donors (Lipinski definition) is 0. The van der Waals surface area contributed by atoms with Crippen molar-refractivity contribution in [3.05, 3.63) is 55.9 Å². The molecule has 0 amide bonds. The van der Waals surface area contributed by atoms with Crippen molar-refractivity contribution in [2.24, 2.45) is 0 Å². The van der Waals surface area contributed by atoms with E-state index in [1.807, 2.05) is 13.0 Å². The molecule has 2 aromatic rings. The summed E-state index contributed by atoms with van der Waals surface area (Å²) in [4.78, 5) is 13.1. The molecule has 4 heteroatoms. The van der Waals surface area contributed by atoms with Gasteiger partial charge in [-0.2, -0.15) is 0 Å². The third-order valence-corrected chi connectivity index (χ3v) is 3.72. The van der Waals surface area contributed by atoms with E-state index in [2.05, 4.69) is 15.9 Å². The molecule has 0 N–H and O–H groups in total. The van der Waals surface area contributed by atoms with Crippen LogP contribution < -0.4 is 0 Å². The molecule has 1 aromatic heterocycles. The van der Waals surface area contributed by atoms with Gasteiger partial charge in [0.25, 0.3) is 0 Å². The first-order chi connectivity index (χ1) is 7.58. The second kappa shape index (κ2) is 4.47. The minimum atomic E-state index is -0.404. The Morgan fingerprint density at radius 3 is 2.75 bits per heavy atom. The highest BCUT2D eigenvalue weighted by Gasteiger charge is 2.14. The lowest BCUT2D eigenvalue weighted by atomic mass is 10.1. The second-order valence-corrected chi connectivity index (χ2v) is 5.37. The molecule has 0 aliphatic heterocycles. The summed E-state index contributed by atoms with van der Waals surface area (Å²) in [6.45, 7) is 1.93. The zero-order valence-electron chi connectivity index (χ0n) is 8.46. The van der Waals surface area contributed by atoms with Gasteiger partial charge in [-0.15, -0.1) is 11.3 Å². The molecule has 0 fully saturated rings. The fraction of sp³-hybridized carbons (Fsp3) is 0.0833. The maximum Gasteiger partial charge on any atom is 0.195 e. The lowest BCUT2D eigenvalue weighted by Gasteiger charge is -2.01. The number of rotatable bonds is 2. The van der Waals surface area contributed by atoms with Crippen LogP contribution in [0.25, 0.3) is 0 Å². The molecule has 0 unspecified atom stereocenters. The summed E-state index contributed by atoms with van der Waals surface area (Å²) in [6, 6.07) is 5.92. The summed E-state index contributed by atoms with van der Waals surface area (Å²) in [5.41, 5.74) is 0.964. The lowest BCUT2D eigenvalue weighted by Crippen LogP contribution is -2.01. The molecule has 0 bridgehead atoms. The highest BCUT2D eigenvalue weighted by Crippen LogP contribution is 2.23. The maximum absolute atomic E-state index is 13.1. The number of halogens is 2. The molecule has 0 atom stereocenters. The molecule has 0 spiro atoms. The zero-order chi connectivity index (χ0) is 11.7. The predicted octanol–water partition coefficient (Wildman–Crippen LogP) is 4.19. The standard InChI is InChI=1S/C12H8BrFOS/c1-7-4-8(6-16-7)12(15)10-5-9(14)2-3-11(10)13/h2-6H,1H3. The van der Waals surface area contributed by atoms with Gasteiger partial charge < -0.3 is 0 Å². The molecule has 82 valence electrons. The van der Waals surface area contributed by atoms with Crippen LogP contribution in [0.2, 0.25) is 0 Å². The van der Waals surface area contributed by atoms with E-state index < -0.39 is 5.82 Å². The number of hydrogen-bond acceptors (Lipinski definition) is 2. The van der Waals surface area contributed by atoms with Gasteiger partial charge in [0.2, 0.25) is 0 Å². The van der Waals surface area contributed by atoms with E-state index >= 15 is 0 Å². The normalized spacial score (nSPS) is 10.4. The van der Waals surface area contributed by atoms with Crippen molar-refractivity contribution >= 4 is 33.0 Å². The van der Waals surface area contributed by atoms with Gasteiger partial charge in [0, 0.05) is 25.9 Å². The van der Waals surface area contributed by atoms with Crippen molar-refractivity contribution in [2.45, 2.75) is 6.92 Å². The maximum atomic E-state index is 13.1. The Balaban J connectivity index is 2.45. The zero-order valence-corrected chi connectivity index (χ0v) is 10.9.